The molecule has 0 spiro atoms. The SMILES string of the molecule is Cc1ccc(N(C(=O)OC(C)(C)C)c2ccc(-c3ccc(N(c4ccc(C)cc4)c4ccc(-c5ccc(N(C(=O)OC(C)(C)C)c6ccc(C)cc6)cc5)cc4)cc3)cc2)cc1. The van der Waals surface area contributed by atoms with Crippen molar-refractivity contribution in [1.29, 1.82) is 0 Å². The summed E-state index contributed by atoms with van der Waals surface area (Å²) >= 11 is 0. The van der Waals surface area contributed by atoms with Crippen LogP contribution in [0.3, 0.4) is 0 Å². The van der Waals surface area contributed by atoms with Gasteiger partial charge in [-0.15, -0.1) is 0 Å². The maximum atomic E-state index is 13.5. The molecule has 0 saturated heterocycles. The van der Waals surface area contributed by atoms with E-state index in [2.05, 4.69) is 84.6 Å². The zero-order valence-corrected chi connectivity index (χ0v) is 37.1. The number of amides is 2. The summed E-state index contributed by atoms with van der Waals surface area (Å²) in [5.41, 5.74) is 12.3. The first-order valence-electron chi connectivity index (χ1n) is 21.0. The normalized spacial score (nSPS) is 11.4. The first kappa shape index (κ1) is 43.0. The van der Waals surface area contributed by atoms with Crippen molar-refractivity contribution < 1.29 is 19.1 Å². The Morgan fingerprint density at radius 2 is 0.516 bits per heavy atom. The first-order valence-corrected chi connectivity index (χ1v) is 21.0. The van der Waals surface area contributed by atoms with E-state index >= 15 is 0 Å². The molecule has 7 aromatic rings. The topological polar surface area (TPSA) is 62.3 Å². The number of carbonyl (C=O) groups is 2. The second-order valence-electron chi connectivity index (χ2n) is 17.7. The summed E-state index contributed by atoms with van der Waals surface area (Å²) in [6, 6.07) is 57.3. The molecule has 0 aliphatic rings. The maximum absolute atomic E-state index is 13.5. The highest BCUT2D eigenvalue weighted by atomic mass is 16.6. The lowest BCUT2D eigenvalue weighted by Crippen LogP contribution is -2.33. The van der Waals surface area contributed by atoms with Crippen LogP contribution in [0.5, 0.6) is 0 Å². The Hall–Kier alpha value is -7.12. The monoisotopic (exact) mass is 821 g/mol. The lowest BCUT2D eigenvalue weighted by atomic mass is 10.0. The molecule has 0 heterocycles. The van der Waals surface area contributed by atoms with Crippen LogP contribution < -0.4 is 14.7 Å². The van der Waals surface area contributed by atoms with Gasteiger partial charge in [-0.2, -0.15) is 0 Å². The van der Waals surface area contributed by atoms with Crippen LogP contribution >= 0.6 is 0 Å². The summed E-state index contributed by atoms with van der Waals surface area (Å²) in [5.74, 6) is 0. The molecule has 7 nitrogen and oxygen atoms in total. The molecule has 0 radical (unpaired) electrons. The third-order valence-corrected chi connectivity index (χ3v) is 10.2. The third kappa shape index (κ3) is 10.4. The van der Waals surface area contributed by atoms with Gasteiger partial charge in [-0.05, 0) is 169 Å². The molecule has 0 aliphatic carbocycles. The van der Waals surface area contributed by atoms with Gasteiger partial charge in [-0.1, -0.05) is 102 Å². The zero-order valence-electron chi connectivity index (χ0n) is 37.1. The summed E-state index contributed by atoms with van der Waals surface area (Å²) in [6.45, 7) is 17.4. The highest BCUT2D eigenvalue weighted by Gasteiger charge is 2.27. The van der Waals surface area contributed by atoms with E-state index in [1.165, 1.54) is 5.56 Å². The van der Waals surface area contributed by atoms with Crippen molar-refractivity contribution in [2.45, 2.75) is 73.5 Å². The van der Waals surface area contributed by atoms with Gasteiger partial charge >= 0.3 is 12.2 Å². The number of nitrogens with zero attached hydrogens (tertiary/aromatic N) is 3. The minimum Gasteiger partial charge on any atom is -0.443 e. The summed E-state index contributed by atoms with van der Waals surface area (Å²) in [7, 11) is 0. The zero-order chi connectivity index (χ0) is 44.2. The van der Waals surface area contributed by atoms with E-state index in [1.807, 2.05) is 152 Å². The molecule has 7 rings (SSSR count). The van der Waals surface area contributed by atoms with E-state index in [1.54, 1.807) is 9.80 Å². The standard InChI is InChI=1S/C55H55N3O4/c1-38-10-24-45(25-11-38)56(46-30-16-41(17-31-46)43-20-34-50(35-21-43)57(52(59)61-54(4,5)6)48-26-12-39(2)13-27-48)47-32-18-42(19-33-47)44-22-36-51(37-23-44)58(53(60)62-55(7,8)9)49-28-14-40(3)15-29-49/h10-37H,1-9H3. The molecule has 7 aromatic carbocycles. The highest BCUT2D eigenvalue weighted by molar-refractivity contribution is 5.97. The minimum atomic E-state index is -0.639. The number of anilines is 7. The van der Waals surface area contributed by atoms with Gasteiger partial charge in [0.05, 0.1) is 22.7 Å². The van der Waals surface area contributed by atoms with Crippen LogP contribution in [-0.2, 0) is 9.47 Å². The summed E-state index contributed by atoms with van der Waals surface area (Å²) in [4.78, 5) is 32.4. The number of rotatable bonds is 9. The number of aryl methyl sites for hydroxylation is 3. The molecule has 0 bridgehead atoms. The van der Waals surface area contributed by atoms with Crippen LogP contribution in [0.25, 0.3) is 22.3 Å². The van der Waals surface area contributed by atoms with Crippen LogP contribution in [0.1, 0.15) is 58.2 Å². The fourth-order valence-corrected chi connectivity index (χ4v) is 7.08. The Labute approximate surface area is 366 Å². The van der Waals surface area contributed by atoms with Crippen LogP contribution in [0, 0.1) is 20.8 Å². The van der Waals surface area contributed by atoms with Crippen LogP contribution in [-0.4, -0.2) is 23.4 Å². The number of hydrogen-bond donors (Lipinski definition) is 0. The Kier molecular flexibility index (Phi) is 12.4. The van der Waals surface area contributed by atoms with Crippen LogP contribution in [0.4, 0.5) is 49.4 Å². The van der Waals surface area contributed by atoms with Gasteiger partial charge in [0.1, 0.15) is 11.2 Å². The van der Waals surface area contributed by atoms with Crippen molar-refractivity contribution in [2.75, 3.05) is 14.7 Å². The van der Waals surface area contributed by atoms with E-state index in [0.717, 1.165) is 73.2 Å². The molecule has 2 amide bonds. The van der Waals surface area contributed by atoms with Gasteiger partial charge in [-0.3, -0.25) is 0 Å². The van der Waals surface area contributed by atoms with Crippen molar-refractivity contribution in [3.8, 4) is 22.3 Å². The Bertz CT molecular complexity index is 2440. The molecule has 0 aliphatic heterocycles. The third-order valence-electron chi connectivity index (χ3n) is 10.2. The van der Waals surface area contributed by atoms with E-state index < -0.39 is 23.4 Å². The number of benzene rings is 7. The largest absolute Gasteiger partial charge is 0.443 e. The fraction of sp³-hybridized carbons (Fsp3) is 0.200. The highest BCUT2D eigenvalue weighted by Crippen LogP contribution is 2.38. The predicted octanol–water partition coefficient (Wildman–Crippen LogP) is 15.6. The molecule has 0 aromatic heterocycles. The van der Waals surface area contributed by atoms with Crippen molar-refractivity contribution in [3.63, 3.8) is 0 Å². The van der Waals surface area contributed by atoms with Gasteiger partial charge in [0.15, 0.2) is 0 Å². The van der Waals surface area contributed by atoms with Gasteiger partial charge < -0.3 is 14.4 Å². The lowest BCUT2D eigenvalue weighted by Gasteiger charge is -2.28. The predicted molar refractivity (Wildman–Crippen MR) is 256 cm³/mol. The Morgan fingerprint density at radius 3 is 0.742 bits per heavy atom. The number of carbonyl (C=O) groups excluding carboxylic acids is 2. The molecule has 0 atom stereocenters. The van der Waals surface area contributed by atoms with Crippen LogP contribution in [0.15, 0.2) is 170 Å². The molecule has 0 saturated carbocycles. The maximum Gasteiger partial charge on any atom is 0.419 e. The fourth-order valence-electron chi connectivity index (χ4n) is 7.08. The average Bonchev–Trinajstić information content (AvgIpc) is 3.23. The van der Waals surface area contributed by atoms with Crippen molar-refractivity contribution in [1.82, 2.24) is 0 Å². The van der Waals surface area contributed by atoms with E-state index in [-0.39, 0.29) is 0 Å². The van der Waals surface area contributed by atoms with Gasteiger partial charge in [0.25, 0.3) is 0 Å². The average molecular weight is 822 g/mol. The molecule has 0 N–H and O–H groups in total. The summed E-state index contributed by atoms with van der Waals surface area (Å²) in [5, 5.41) is 0. The molecule has 0 fully saturated rings. The summed E-state index contributed by atoms with van der Waals surface area (Å²) in [6.07, 6.45) is -0.859. The van der Waals surface area contributed by atoms with Gasteiger partial charge in [0, 0.05) is 17.1 Å². The Balaban J connectivity index is 1.14. The molecule has 0 unspecified atom stereocenters. The van der Waals surface area contributed by atoms with Gasteiger partial charge in [-0.25, -0.2) is 19.4 Å². The van der Waals surface area contributed by atoms with Crippen LogP contribution in [0.2, 0.25) is 0 Å². The van der Waals surface area contributed by atoms with E-state index in [0.29, 0.717) is 0 Å². The number of hydrogen-bond acceptors (Lipinski definition) is 5. The molecule has 7 heteroatoms. The van der Waals surface area contributed by atoms with E-state index in [4.69, 9.17) is 9.47 Å². The molecule has 62 heavy (non-hydrogen) atoms. The van der Waals surface area contributed by atoms with Crippen molar-refractivity contribution >= 4 is 52.0 Å². The smallest absolute Gasteiger partial charge is 0.419 e. The molecule has 314 valence electrons. The molecular formula is C55H55N3O4. The van der Waals surface area contributed by atoms with Gasteiger partial charge in [0.2, 0.25) is 0 Å². The summed E-state index contributed by atoms with van der Waals surface area (Å²) < 4.78 is 11.6. The lowest BCUT2D eigenvalue weighted by molar-refractivity contribution is 0.0588. The molecular weight excluding hydrogens is 767 g/mol. The minimum absolute atomic E-state index is 0.430. The van der Waals surface area contributed by atoms with Crippen molar-refractivity contribution in [2.24, 2.45) is 0 Å². The second-order valence-corrected chi connectivity index (χ2v) is 17.7. The number of ether oxygens (including phenoxy) is 2. The van der Waals surface area contributed by atoms with Crippen molar-refractivity contribution in [3.05, 3.63) is 187 Å². The Morgan fingerprint density at radius 1 is 0.323 bits per heavy atom. The quantitative estimate of drug-likeness (QED) is 0.145. The second kappa shape index (κ2) is 17.8. The first-order chi connectivity index (χ1) is 29.5. The van der Waals surface area contributed by atoms with E-state index in [9.17, 15) is 9.59 Å².